The summed E-state index contributed by atoms with van der Waals surface area (Å²) in [6, 6.07) is 8.52. The summed E-state index contributed by atoms with van der Waals surface area (Å²) in [5.74, 6) is 0. The van der Waals surface area contributed by atoms with Crippen LogP contribution in [0.1, 0.15) is 25.3 Å². The number of H-pyrrole nitrogens is 1. The third-order valence-corrected chi connectivity index (χ3v) is 4.74. The SMILES string of the molecule is CN1CCC(C)(CNCc2c[nH]c3ccccc23)CC1. The Hall–Kier alpha value is -1.32. The van der Waals surface area contributed by atoms with Crippen molar-refractivity contribution in [2.45, 2.75) is 26.3 Å². The fourth-order valence-corrected chi connectivity index (χ4v) is 3.11. The average molecular weight is 271 g/mol. The maximum absolute atomic E-state index is 3.67. The Kier molecular flexibility index (Phi) is 3.81. The Morgan fingerprint density at radius 1 is 1.25 bits per heavy atom. The molecule has 0 radical (unpaired) electrons. The Balaban J connectivity index is 1.57. The molecular weight excluding hydrogens is 246 g/mol. The van der Waals surface area contributed by atoms with Crippen LogP contribution in [0, 0.1) is 5.41 Å². The van der Waals surface area contributed by atoms with E-state index in [1.165, 1.54) is 42.4 Å². The number of piperidine rings is 1. The van der Waals surface area contributed by atoms with E-state index in [-0.39, 0.29) is 0 Å². The van der Waals surface area contributed by atoms with Gasteiger partial charge in [-0.05, 0) is 50.0 Å². The van der Waals surface area contributed by atoms with Crippen molar-refractivity contribution in [3.8, 4) is 0 Å². The van der Waals surface area contributed by atoms with E-state index >= 15 is 0 Å². The summed E-state index contributed by atoms with van der Waals surface area (Å²) in [5, 5.41) is 5.01. The Labute approximate surface area is 121 Å². The van der Waals surface area contributed by atoms with Crippen LogP contribution in [0.25, 0.3) is 10.9 Å². The number of aromatic amines is 1. The number of nitrogens with one attached hydrogen (secondary N) is 2. The van der Waals surface area contributed by atoms with E-state index in [4.69, 9.17) is 0 Å². The lowest BCUT2D eigenvalue weighted by atomic mass is 9.80. The third-order valence-electron chi connectivity index (χ3n) is 4.74. The zero-order chi connectivity index (χ0) is 14.0. The topological polar surface area (TPSA) is 31.1 Å². The van der Waals surface area contributed by atoms with Crippen LogP contribution in [0.5, 0.6) is 0 Å². The van der Waals surface area contributed by atoms with E-state index in [0.29, 0.717) is 5.41 Å². The number of benzene rings is 1. The number of likely N-dealkylation sites (tertiary alicyclic amines) is 1. The lowest BCUT2D eigenvalue weighted by Gasteiger charge is -2.38. The van der Waals surface area contributed by atoms with E-state index in [9.17, 15) is 0 Å². The molecule has 1 aliphatic heterocycles. The summed E-state index contributed by atoms with van der Waals surface area (Å²) in [7, 11) is 2.22. The molecule has 0 amide bonds. The number of fused-ring (bicyclic) bond motifs is 1. The smallest absolute Gasteiger partial charge is 0.0457 e. The highest BCUT2D eigenvalue weighted by atomic mass is 15.1. The third kappa shape index (κ3) is 2.89. The Morgan fingerprint density at radius 3 is 2.80 bits per heavy atom. The molecule has 0 aliphatic carbocycles. The van der Waals surface area contributed by atoms with Gasteiger partial charge in [-0.25, -0.2) is 0 Å². The summed E-state index contributed by atoms with van der Waals surface area (Å²) in [4.78, 5) is 5.78. The summed E-state index contributed by atoms with van der Waals surface area (Å²) in [5.41, 5.74) is 3.06. The highest BCUT2D eigenvalue weighted by Gasteiger charge is 2.28. The van der Waals surface area contributed by atoms with E-state index in [2.05, 4.69) is 59.6 Å². The van der Waals surface area contributed by atoms with Crippen LogP contribution in [0.3, 0.4) is 0 Å². The number of hydrogen-bond donors (Lipinski definition) is 2. The van der Waals surface area contributed by atoms with Gasteiger partial charge in [-0.2, -0.15) is 0 Å². The summed E-state index contributed by atoms with van der Waals surface area (Å²) in [6.45, 7) is 6.94. The van der Waals surface area contributed by atoms with Crippen LogP contribution >= 0.6 is 0 Å². The number of aromatic nitrogens is 1. The fraction of sp³-hybridized carbons (Fsp3) is 0.529. The normalized spacial score (nSPS) is 19.5. The second kappa shape index (κ2) is 5.58. The summed E-state index contributed by atoms with van der Waals surface area (Å²) >= 11 is 0. The molecule has 1 fully saturated rings. The molecule has 3 rings (SSSR count). The van der Waals surface area contributed by atoms with Gasteiger partial charge in [0.2, 0.25) is 0 Å². The van der Waals surface area contributed by atoms with E-state index in [1.54, 1.807) is 0 Å². The summed E-state index contributed by atoms with van der Waals surface area (Å²) < 4.78 is 0. The van der Waals surface area contributed by atoms with Crippen LogP contribution in [0.15, 0.2) is 30.5 Å². The average Bonchev–Trinajstić information content (AvgIpc) is 2.86. The maximum Gasteiger partial charge on any atom is 0.0457 e. The lowest BCUT2D eigenvalue weighted by Crippen LogP contribution is -2.41. The van der Waals surface area contributed by atoms with Gasteiger partial charge in [0.25, 0.3) is 0 Å². The molecule has 108 valence electrons. The first-order chi connectivity index (χ1) is 9.66. The molecule has 2 aromatic rings. The van der Waals surface area contributed by atoms with Crippen molar-refractivity contribution in [1.29, 1.82) is 0 Å². The highest BCUT2D eigenvalue weighted by Crippen LogP contribution is 2.29. The van der Waals surface area contributed by atoms with Crippen molar-refractivity contribution in [3.05, 3.63) is 36.0 Å². The predicted molar refractivity (Wildman–Crippen MR) is 84.8 cm³/mol. The van der Waals surface area contributed by atoms with Gasteiger partial charge in [0.1, 0.15) is 0 Å². The quantitative estimate of drug-likeness (QED) is 0.895. The number of rotatable bonds is 4. The minimum absolute atomic E-state index is 0.457. The molecule has 0 saturated carbocycles. The van der Waals surface area contributed by atoms with Crippen LogP contribution < -0.4 is 5.32 Å². The molecule has 3 heteroatoms. The zero-order valence-corrected chi connectivity index (χ0v) is 12.6. The van der Waals surface area contributed by atoms with Gasteiger partial charge in [-0.15, -0.1) is 0 Å². The molecule has 3 nitrogen and oxygen atoms in total. The fourth-order valence-electron chi connectivity index (χ4n) is 3.11. The van der Waals surface area contributed by atoms with Gasteiger partial charge in [-0.3, -0.25) is 0 Å². The second-order valence-electron chi connectivity index (χ2n) is 6.58. The van der Waals surface area contributed by atoms with Crippen LogP contribution in [-0.2, 0) is 6.54 Å². The van der Waals surface area contributed by atoms with Gasteiger partial charge in [0, 0.05) is 30.2 Å². The van der Waals surface area contributed by atoms with Crippen molar-refractivity contribution < 1.29 is 0 Å². The van der Waals surface area contributed by atoms with Crippen molar-refractivity contribution in [3.63, 3.8) is 0 Å². The molecule has 1 aliphatic rings. The van der Waals surface area contributed by atoms with E-state index in [1.807, 2.05) is 0 Å². The molecule has 0 atom stereocenters. The minimum atomic E-state index is 0.457. The molecule has 2 N–H and O–H groups in total. The predicted octanol–water partition coefficient (Wildman–Crippen LogP) is 2.99. The van der Waals surface area contributed by atoms with E-state index in [0.717, 1.165) is 13.1 Å². The van der Waals surface area contributed by atoms with Gasteiger partial charge in [0.05, 0.1) is 0 Å². The first kappa shape index (κ1) is 13.7. The number of nitrogens with zero attached hydrogens (tertiary/aromatic N) is 1. The molecule has 0 spiro atoms. The Morgan fingerprint density at radius 2 is 2.00 bits per heavy atom. The van der Waals surface area contributed by atoms with Crippen LogP contribution in [0.4, 0.5) is 0 Å². The van der Waals surface area contributed by atoms with Gasteiger partial charge in [0.15, 0.2) is 0 Å². The maximum atomic E-state index is 3.67. The number of hydrogen-bond acceptors (Lipinski definition) is 2. The monoisotopic (exact) mass is 271 g/mol. The number of para-hydroxylation sites is 1. The first-order valence-electron chi connectivity index (χ1n) is 7.61. The van der Waals surface area contributed by atoms with Crippen molar-refractivity contribution in [2.75, 3.05) is 26.7 Å². The lowest BCUT2D eigenvalue weighted by molar-refractivity contribution is 0.137. The van der Waals surface area contributed by atoms with E-state index < -0.39 is 0 Å². The van der Waals surface area contributed by atoms with Gasteiger partial charge in [-0.1, -0.05) is 25.1 Å². The molecule has 0 bridgehead atoms. The first-order valence-corrected chi connectivity index (χ1v) is 7.61. The molecule has 0 unspecified atom stereocenters. The highest BCUT2D eigenvalue weighted by molar-refractivity contribution is 5.82. The van der Waals surface area contributed by atoms with Crippen LogP contribution in [-0.4, -0.2) is 36.6 Å². The van der Waals surface area contributed by atoms with Gasteiger partial charge >= 0.3 is 0 Å². The summed E-state index contributed by atoms with van der Waals surface area (Å²) in [6.07, 6.45) is 4.73. The molecule has 1 aromatic carbocycles. The van der Waals surface area contributed by atoms with Crippen molar-refractivity contribution in [1.82, 2.24) is 15.2 Å². The molecule has 1 saturated heterocycles. The largest absolute Gasteiger partial charge is 0.361 e. The second-order valence-corrected chi connectivity index (χ2v) is 6.58. The Bertz CT molecular complexity index is 564. The molecular formula is C17H25N3. The van der Waals surface area contributed by atoms with Crippen LogP contribution in [0.2, 0.25) is 0 Å². The molecule has 20 heavy (non-hydrogen) atoms. The molecule has 2 heterocycles. The van der Waals surface area contributed by atoms with Gasteiger partial charge < -0.3 is 15.2 Å². The standard InChI is InChI=1S/C17H25N3/c1-17(7-9-20(2)10-8-17)13-18-11-14-12-19-16-6-4-3-5-15(14)16/h3-6,12,18-19H,7-11,13H2,1-2H3. The van der Waals surface area contributed by atoms with Crippen molar-refractivity contribution >= 4 is 10.9 Å². The van der Waals surface area contributed by atoms with Crippen molar-refractivity contribution in [2.24, 2.45) is 5.41 Å². The minimum Gasteiger partial charge on any atom is -0.361 e. The molecule has 1 aromatic heterocycles. The zero-order valence-electron chi connectivity index (χ0n) is 12.6.